The van der Waals surface area contributed by atoms with Crippen molar-refractivity contribution in [3.05, 3.63) is 181 Å². The average Bonchev–Trinajstić information content (AvgIpc) is 3.41. The fourth-order valence-electron chi connectivity index (χ4n) is 7.63. The molecule has 1 aliphatic carbocycles. The summed E-state index contributed by atoms with van der Waals surface area (Å²) >= 11 is 0. The number of benzene rings is 6. The third kappa shape index (κ3) is 5.05. The summed E-state index contributed by atoms with van der Waals surface area (Å²) in [5.41, 5.74) is 16.3. The molecule has 0 amide bonds. The van der Waals surface area contributed by atoms with Crippen LogP contribution in [0.2, 0.25) is 0 Å². The van der Waals surface area contributed by atoms with Crippen molar-refractivity contribution >= 4 is 10.8 Å². The van der Waals surface area contributed by atoms with Gasteiger partial charge in [0.2, 0.25) is 0 Å². The maximum atomic E-state index is 5.29. The van der Waals surface area contributed by atoms with Gasteiger partial charge in [-0.05, 0) is 96.7 Å². The minimum absolute atomic E-state index is 0.133. The van der Waals surface area contributed by atoms with Gasteiger partial charge in [-0.25, -0.2) is 4.98 Å². The highest BCUT2D eigenvalue weighted by Gasteiger charge is 2.37. The summed E-state index contributed by atoms with van der Waals surface area (Å²) < 4.78 is 0. The molecule has 0 aliphatic heterocycles. The van der Waals surface area contributed by atoms with Crippen LogP contribution in [-0.2, 0) is 5.41 Å². The van der Waals surface area contributed by atoms with Crippen LogP contribution in [0.15, 0.2) is 170 Å². The zero-order valence-electron chi connectivity index (χ0n) is 27.6. The third-order valence-electron chi connectivity index (χ3n) is 10.1. The van der Waals surface area contributed by atoms with Crippen LogP contribution in [0.5, 0.6) is 0 Å². The van der Waals surface area contributed by atoms with E-state index in [1.54, 1.807) is 0 Å². The molecule has 6 aromatic carbocycles. The number of pyridine rings is 2. The van der Waals surface area contributed by atoms with Crippen LogP contribution in [-0.4, -0.2) is 9.97 Å². The Labute approximate surface area is 287 Å². The van der Waals surface area contributed by atoms with Crippen molar-refractivity contribution in [3.8, 4) is 67.0 Å². The molecule has 0 bridgehead atoms. The molecular formula is C47H34N2. The maximum Gasteiger partial charge on any atom is 0.0715 e. The second kappa shape index (κ2) is 11.5. The summed E-state index contributed by atoms with van der Waals surface area (Å²) in [5, 5.41) is 2.63. The van der Waals surface area contributed by atoms with Gasteiger partial charge in [0.25, 0.3) is 0 Å². The van der Waals surface area contributed by atoms with Crippen molar-refractivity contribution in [2.45, 2.75) is 19.3 Å². The Morgan fingerprint density at radius 1 is 0.429 bits per heavy atom. The lowest BCUT2D eigenvalue weighted by Gasteiger charge is -2.23. The highest BCUT2D eigenvalue weighted by Crippen LogP contribution is 2.52. The van der Waals surface area contributed by atoms with E-state index >= 15 is 0 Å². The predicted octanol–water partition coefficient (Wildman–Crippen LogP) is 12.3. The second-order valence-electron chi connectivity index (χ2n) is 13.5. The van der Waals surface area contributed by atoms with Crippen molar-refractivity contribution in [1.82, 2.24) is 9.97 Å². The molecule has 2 nitrogen and oxygen atoms in total. The largest absolute Gasteiger partial charge is 0.264 e. The van der Waals surface area contributed by atoms with Crippen molar-refractivity contribution < 1.29 is 0 Å². The van der Waals surface area contributed by atoms with E-state index in [0.29, 0.717) is 0 Å². The Hall–Kier alpha value is -6.12. The van der Waals surface area contributed by atoms with Gasteiger partial charge in [-0.15, -0.1) is 0 Å². The maximum absolute atomic E-state index is 5.29. The Balaban J connectivity index is 1.19. The molecule has 8 aromatic rings. The minimum atomic E-state index is -0.133. The molecule has 9 rings (SSSR count). The van der Waals surface area contributed by atoms with Gasteiger partial charge >= 0.3 is 0 Å². The van der Waals surface area contributed by atoms with Gasteiger partial charge in [-0.3, -0.25) is 4.98 Å². The number of nitrogens with zero attached hydrogens (tertiary/aromatic N) is 2. The predicted molar refractivity (Wildman–Crippen MR) is 204 cm³/mol. The van der Waals surface area contributed by atoms with E-state index < -0.39 is 0 Å². The van der Waals surface area contributed by atoms with E-state index in [4.69, 9.17) is 4.98 Å². The molecule has 0 radical (unpaired) electrons. The molecule has 0 spiro atoms. The lowest BCUT2D eigenvalue weighted by molar-refractivity contribution is 0.666. The van der Waals surface area contributed by atoms with E-state index in [1.807, 2.05) is 18.5 Å². The summed E-state index contributed by atoms with van der Waals surface area (Å²) in [6.07, 6.45) is 3.71. The Bertz CT molecular complexity index is 2490. The summed E-state index contributed by atoms with van der Waals surface area (Å²) in [7, 11) is 0. The number of fused-ring (bicyclic) bond motifs is 5. The monoisotopic (exact) mass is 626 g/mol. The topological polar surface area (TPSA) is 25.8 Å². The second-order valence-corrected chi connectivity index (χ2v) is 13.5. The first kappa shape index (κ1) is 29.1. The highest BCUT2D eigenvalue weighted by atomic mass is 14.7. The normalized spacial score (nSPS) is 12.9. The van der Waals surface area contributed by atoms with Crippen LogP contribution in [0.1, 0.15) is 25.0 Å². The van der Waals surface area contributed by atoms with Gasteiger partial charge in [-0.2, -0.15) is 0 Å². The number of hydrogen-bond acceptors (Lipinski definition) is 2. The van der Waals surface area contributed by atoms with Crippen molar-refractivity contribution in [2.24, 2.45) is 0 Å². The fourth-order valence-corrected chi connectivity index (χ4v) is 7.63. The molecule has 0 saturated carbocycles. The van der Waals surface area contributed by atoms with E-state index in [2.05, 4.69) is 170 Å². The molecule has 0 saturated heterocycles. The van der Waals surface area contributed by atoms with Crippen molar-refractivity contribution in [1.29, 1.82) is 0 Å². The molecule has 0 N–H and O–H groups in total. The Morgan fingerprint density at radius 3 is 1.88 bits per heavy atom. The van der Waals surface area contributed by atoms with Crippen molar-refractivity contribution in [2.75, 3.05) is 0 Å². The molecule has 232 valence electrons. The highest BCUT2D eigenvalue weighted by molar-refractivity contribution is 5.98. The Morgan fingerprint density at radius 2 is 1.06 bits per heavy atom. The lowest BCUT2D eigenvalue weighted by Crippen LogP contribution is -2.15. The number of rotatable bonds is 5. The molecule has 49 heavy (non-hydrogen) atoms. The van der Waals surface area contributed by atoms with Gasteiger partial charge in [0.05, 0.1) is 11.4 Å². The molecule has 2 heteroatoms. The van der Waals surface area contributed by atoms with E-state index in [9.17, 15) is 0 Å². The van der Waals surface area contributed by atoms with Gasteiger partial charge in [0, 0.05) is 28.9 Å². The van der Waals surface area contributed by atoms with Crippen LogP contribution in [0.3, 0.4) is 0 Å². The molecule has 1 aliphatic rings. The van der Waals surface area contributed by atoms with Gasteiger partial charge in [-0.1, -0.05) is 141 Å². The molecule has 0 fully saturated rings. The van der Waals surface area contributed by atoms with Gasteiger partial charge in [0.1, 0.15) is 0 Å². The van der Waals surface area contributed by atoms with Crippen LogP contribution in [0, 0.1) is 0 Å². The van der Waals surface area contributed by atoms with E-state index in [0.717, 1.165) is 39.2 Å². The zero-order chi connectivity index (χ0) is 33.0. The number of hydrogen-bond donors (Lipinski definition) is 0. The number of aromatic nitrogens is 2. The average molecular weight is 627 g/mol. The fraction of sp³-hybridized carbons (Fsp3) is 0.0638. The first-order valence-corrected chi connectivity index (χ1v) is 16.9. The first-order chi connectivity index (χ1) is 24.0. The smallest absolute Gasteiger partial charge is 0.0715 e. The van der Waals surface area contributed by atoms with E-state index in [-0.39, 0.29) is 5.41 Å². The Kier molecular flexibility index (Phi) is 6.84. The summed E-state index contributed by atoms with van der Waals surface area (Å²) in [4.78, 5) is 9.60. The van der Waals surface area contributed by atoms with Gasteiger partial charge < -0.3 is 0 Å². The molecule has 2 heterocycles. The zero-order valence-corrected chi connectivity index (χ0v) is 27.6. The van der Waals surface area contributed by atoms with Crippen molar-refractivity contribution in [3.63, 3.8) is 0 Å². The summed E-state index contributed by atoms with van der Waals surface area (Å²) in [6.45, 7) is 4.74. The molecule has 2 aromatic heterocycles. The van der Waals surface area contributed by atoms with Crippen LogP contribution in [0.4, 0.5) is 0 Å². The quantitative estimate of drug-likeness (QED) is 0.190. The third-order valence-corrected chi connectivity index (χ3v) is 10.1. The standard InChI is InChI=1S/C47H34N2/c1-47(2)43-27-36(22-23-41(43)42-24-21-33-12-6-7-16-40(33)46(42)47)39-28-44(34-19-17-32(18-20-34)38-15-9-25-48-30-38)49-45(29-39)37-14-8-13-35(26-37)31-10-4-3-5-11-31/h3-30H,1-2H3. The molecule has 0 unspecified atom stereocenters. The molecular weight excluding hydrogens is 593 g/mol. The SMILES string of the molecule is CC1(C)c2cc(-c3cc(-c4ccc(-c5cccnc5)cc4)nc(-c4cccc(-c5ccccc5)c4)c3)ccc2-c2ccc3ccccc3c21. The lowest BCUT2D eigenvalue weighted by atomic mass is 9.79. The molecule has 0 atom stereocenters. The van der Waals surface area contributed by atoms with Gasteiger partial charge in [0.15, 0.2) is 0 Å². The summed E-state index contributed by atoms with van der Waals surface area (Å²) in [5.74, 6) is 0. The van der Waals surface area contributed by atoms with Crippen LogP contribution in [0.25, 0.3) is 77.8 Å². The summed E-state index contributed by atoms with van der Waals surface area (Å²) in [6, 6.07) is 56.9. The van der Waals surface area contributed by atoms with Crippen LogP contribution >= 0.6 is 0 Å². The minimum Gasteiger partial charge on any atom is -0.264 e. The first-order valence-electron chi connectivity index (χ1n) is 16.9. The van der Waals surface area contributed by atoms with Crippen LogP contribution < -0.4 is 0 Å². The van der Waals surface area contributed by atoms with E-state index in [1.165, 1.54) is 49.7 Å².